The Morgan fingerprint density at radius 2 is 1.63 bits per heavy atom. The van der Waals surface area contributed by atoms with Crippen LogP contribution in [-0.4, -0.2) is 21.2 Å². The monoisotopic (exact) mass is 389 g/mol. The van der Waals surface area contributed by atoms with Gasteiger partial charge in [0.25, 0.3) is 0 Å². The molecule has 0 radical (unpaired) electrons. The first kappa shape index (κ1) is 21.4. The van der Waals surface area contributed by atoms with E-state index in [1.807, 2.05) is 24.4 Å². The number of carbonyl (C=O) groups is 1. The summed E-state index contributed by atoms with van der Waals surface area (Å²) in [5.41, 5.74) is 3.21. The first-order valence-electron chi connectivity index (χ1n) is 9.40. The van der Waals surface area contributed by atoms with E-state index in [-0.39, 0.29) is 10.8 Å². The highest BCUT2D eigenvalue weighted by Crippen LogP contribution is 2.42. The molecule has 2 N–H and O–H groups in total. The Labute approximate surface area is 166 Å². The van der Waals surface area contributed by atoms with Crippen LogP contribution in [0.15, 0.2) is 17.5 Å². The molecule has 0 bridgehead atoms. The quantitative estimate of drug-likeness (QED) is 0.681. The van der Waals surface area contributed by atoms with Crippen LogP contribution in [0.2, 0.25) is 0 Å². The van der Waals surface area contributed by atoms with Gasteiger partial charge in [-0.05, 0) is 29.4 Å². The van der Waals surface area contributed by atoms with Crippen LogP contribution in [0.3, 0.4) is 0 Å². The number of benzene rings is 1. The van der Waals surface area contributed by atoms with Crippen molar-refractivity contribution in [3.63, 3.8) is 0 Å². The number of hydrogen-bond donors (Lipinski definition) is 2. The highest BCUT2D eigenvalue weighted by atomic mass is 32.1. The molecule has 0 amide bonds. The molecule has 148 valence electrons. The van der Waals surface area contributed by atoms with Crippen molar-refractivity contribution < 1.29 is 15.0 Å². The molecule has 2 aromatic rings. The lowest BCUT2D eigenvalue weighted by molar-refractivity contribution is -0.141. The molecule has 1 atom stereocenters. The van der Waals surface area contributed by atoms with Crippen molar-refractivity contribution in [2.24, 2.45) is 5.92 Å². The van der Waals surface area contributed by atoms with Crippen molar-refractivity contribution in [3.8, 4) is 17.0 Å². The summed E-state index contributed by atoms with van der Waals surface area (Å²) in [5, 5.41) is 23.0. The smallest absolute Gasteiger partial charge is 0.306 e. The minimum Gasteiger partial charge on any atom is -0.507 e. The van der Waals surface area contributed by atoms with Crippen LogP contribution < -0.4 is 0 Å². The van der Waals surface area contributed by atoms with E-state index in [0.717, 1.165) is 27.4 Å². The van der Waals surface area contributed by atoms with Gasteiger partial charge < -0.3 is 10.2 Å². The molecule has 1 heterocycles. The molecular weight excluding hydrogens is 358 g/mol. The van der Waals surface area contributed by atoms with E-state index in [1.54, 1.807) is 0 Å². The van der Waals surface area contributed by atoms with Crippen LogP contribution in [-0.2, 0) is 22.0 Å². The molecule has 1 unspecified atom stereocenters. The van der Waals surface area contributed by atoms with Gasteiger partial charge in [-0.3, -0.25) is 4.79 Å². The largest absolute Gasteiger partial charge is 0.507 e. The molecule has 1 aromatic carbocycles. The number of rotatable bonds is 5. The fourth-order valence-electron chi connectivity index (χ4n) is 3.08. The Kier molecular flexibility index (Phi) is 6.05. The highest BCUT2D eigenvalue weighted by molar-refractivity contribution is 7.09. The van der Waals surface area contributed by atoms with Gasteiger partial charge in [-0.1, -0.05) is 48.5 Å². The van der Waals surface area contributed by atoms with Gasteiger partial charge in [0.1, 0.15) is 5.75 Å². The average molecular weight is 390 g/mol. The van der Waals surface area contributed by atoms with E-state index >= 15 is 0 Å². The summed E-state index contributed by atoms with van der Waals surface area (Å²) < 4.78 is 0. The normalized spacial score (nSPS) is 13.6. The molecule has 1 aromatic heterocycles. The molecule has 0 aliphatic rings. The number of hydrogen-bond acceptors (Lipinski definition) is 4. The van der Waals surface area contributed by atoms with Crippen molar-refractivity contribution in [1.29, 1.82) is 0 Å². The number of thiazole rings is 1. The lowest BCUT2D eigenvalue weighted by Crippen LogP contribution is -2.17. The molecule has 5 heteroatoms. The maximum atomic E-state index is 11.3. The third-order valence-electron chi connectivity index (χ3n) is 4.84. The summed E-state index contributed by atoms with van der Waals surface area (Å²) in [7, 11) is 0. The minimum absolute atomic E-state index is 0.199. The zero-order valence-corrected chi connectivity index (χ0v) is 18.2. The second-order valence-corrected chi connectivity index (χ2v) is 10.1. The lowest BCUT2D eigenvalue weighted by Gasteiger charge is -2.28. The summed E-state index contributed by atoms with van der Waals surface area (Å²) in [6, 6.07) is 4.02. The number of carboxylic acid groups (broad SMARTS) is 1. The third kappa shape index (κ3) is 4.89. The lowest BCUT2D eigenvalue weighted by atomic mass is 9.78. The molecule has 0 saturated carbocycles. The van der Waals surface area contributed by atoms with Gasteiger partial charge in [-0.25, -0.2) is 4.98 Å². The van der Waals surface area contributed by atoms with Crippen molar-refractivity contribution >= 4 is 17.3 Å². The summed E-state index contributed by atoms with van der Waals surface area (Å²) in [5.74, 6) is -0.825. The van der Waals surface area contributed by atoms with Crippen molar-refractivity contribution in [3.05, 3.63) is 33.6 Å². The first-order chi connectivity index (χ1) is 12.3. The molecular formula is C22H31NO3S. The fourth-order valence-corrected chi connectivity index (χ4v) is 3.96. The molecule has 4 nitrogen and oxygen atoms in total. The van der Waals surface area contributed by atoms with Gasteiger partial charge in [-0.15, -0.1) is 11.3 Å². The molecule has 0 aliphatic carbocycles. The Morgan fingerprint density at radius 3 is 2.04 bits per heavy atom. The van der Waals surface area contributed by atoms with E-state index in [9.17, 15) is 15.0 Å². The van der Waals surface area contributed by atoms with Crippen LogP contribution in [0, 0.1) is 5.92 Å². The van der Waals surface area contributed by atoms with E-state index in [2.05, 4.69) is 41.5 Å². The number of aromatic nitrogens is 1. The highest BCUT2D eigenvalue weighted by Gasteiger charge is 2.27. The fraction of sp³-hybridized carbons (Fsp3) is 0.545. The molecule has 0 fully saturated rings. The molecule has 27 heavy (non-hydrogen) atoms. The summed E-state index contributed by atoms with van der Waals surface area (Å²) in [6.07, 6.45) is 1.04. The SMILES string of the molecule is CCC(Cc1nc(-c2cc(C(C)(C)C)c(O)c(C(C)(C)C)c2)cs1)C(=O)O. The predicted octanol–water partition coefficient (Wildman–Crippen LogP) is 5.76. The van der Waals surface area contributed by atoms with Crippen LogP contribution in [0.25, 0.3) is 11.3 Å². The summed E-state index contributed by atoms with van der Waals surface area (Å²) >= 11 is 1.50. The predicted molar refractivity (Wildman–Crippen MR) is 112 cm³/mol. The van der Waals surface area contributed by atoms with Crippen LogP contribution >= 0.6 is 11.3 Å². The Bertz CT molecular complexity index is 790. The maximum Gasteiger partial charge on any atom is 0.306 e. The number of phenols is 1. The average Bonchev–Trinajstić information content (AvgIpc) is 2.98. The van der Waals surface area contributed by atoms with Crippen molar-refractivity contribution in [1.82, 2.24) is 4.98 Å². The number of carboxylic acids is 1. The Hall–Kier alpha value is -1.88. The number of phenolic OH excluding ortho intramolecular Hbond substituents is 1. The van der Waals surface area contributed by atoms with Crippen LogP contribution in [0.4, 0.5) is 0 Å². The van der Waals surface area contributed by atoms with Gasteiger partial charge in [-0.2, -0.15) is 0 Å². The standard InChI is InChI=1S/C22H31NO3S/c1-8-13(20(25)26)11-18-23-17(12-27-18)14-9-15(21(2,3)4)19(24)16(10-14)22(5,6)7/h9-10,12-13,24H,8,11H2,1-7H3,(H,25,26). The summed E-state index contributed by atoms with van der Waals surface area (Å²) in [4.78, 5) is 16.0. The molecule has 2 rings (SSSR count). The van der Waals surface area contributed by atoms with E-state index in [4.69, 9.17) is 4.98 Å². The van der Waals surface area contributed by atoms with E-state index < -0.39 is 11.9 Å². The number of aliphatic carboxylic acids is 1. The van der Waals surface area contributed by atoms with Crippen LogP contribution in [0.5, 0.6) is 5.75 Å². The third-order valence-corrected chi connectivity index (χ3v) is 5.71. The van der Waals surface area contributed by atoms with Crippen molar-refractivity contribution in [2.45, 2.75) is 72.1 Å². The second-order valence-electron chi connectivity index (χ2n) is 9.19. The number of nitrogens with zero attached hydrogens (tertiary/aromatic N) is 1. The zero-order valence-electron chi connectivity index (χ0n) is 17.4. The molecule has 0 spiro atoms. The van der Waals surface area contributed by atoms with Gasteiger partial charge >= 0.3 is 5.97 Å². The van der Waals surface area contributed by atoms with E-state index in [0.29, 0.717) is 18.6 Å². The van der Waals surface area contributed by atoms with Gasteiger partial charge in [0.15, 0.2) is 0 Å². The summed E-state index contributed by atoms with van der Waals surface area (Å²) in [6.45, 7) is 14.4. The van der Waals surface area contributed by atoms with Gasteiger partial charge in [0, 0.05) is 28.5 Å². The Morgan fingerprint density at radius 1 is 1.11 bits per heavy atom. The topological polar surface area (TPSA) is 70.4 Å². The number of aromatic hydroxyl groups is 1. The first-order valence-corrected chi connectivity index (χ1v) is 10.3. The van der Waals surface area contributed by atoms with Gasteiger partial charge in [0.2, 0.25) is 0 Å². The molecule has 0 saturated heterocycles. The van der Waals surface area contributed by atoms with Gasteiger partial charge in [0.05, 0.1) is 16.6 Å². The maximum absolute atomic E-state index is 11.3. The Balaban J connectivity index is 2.52. The second kappa shape index (κ2) is 7.63. The zero-order chi connectivity index (χ0) is 20.6. The molecule has 0 aliphatic heterocycles. The van der Waals surface area contributed by atoms with E-state index in [1.165, 1.54) is 11.3 Å². The van der Waals surface area contributed by atoms with Crippen molar-refractivity contribution in [2.75, 3.05) is 0 Å². The van der Waals surface area contributed by atoms with Crippen LogP contribution in [0.1, 0.15) is 71.0 Å². The minimum atomic E-state index is -0.774.